The topological polar surface area (TPSA) is 78.5 Å². The van der Waals surface area contributed by atoms with Crippen LogP contribution in [0.4, 0.5) is 0 Å². The zero-order valence-electron chi connectivity index (χ0n) is 17.1. The van der Waals surface area contributed by atoms with Crippen LogP contribution < -0.4 is 10.0 Å². The lowest BCUT2D eigenvalue weighted by Gasteiger charge is -2.35. The first-order valence-electron chi connectivity index (χ1n) is 10.2. The van der Waals surface area contributed by atoms with Crippen molar-refractivity contribution in [3.63, 3.8) is 0 Å². The smallest absolute Gasteiger partial charge is 0.240 e. The van der Waals surface area contributed by atoms with Gasteiger partial charge in [-0.1, -0.05) is 48.9 Å². The first-order chi connectivity index (χ1) is 14.4. The summed E-state index contributed by atoms with van der Waals surface area (Å²) in [6, 6.07) is 14.8. The van der Waals surface area contributed by atoms with Gasteiger partial charge in [0.15, 0.2) is 0 Å². The second-order valence-electron chi connectivity index (χ2n) is 7.46. The fourth-order valence-electron chi connectivity index (χ4n) is 3.70. The summed E-state index contributed by atoms with van der Waals surface area (Å²) in [5.41, 5.74) is 2.75. The minimum absolute atomic E-state index is 0.0363. The molecule has 2 aromatic rings. The monoisotopic (exact) mass is 449 g/mol. The minimum atomic E-state index is -3.68. The average Bonchev–Trinajstić information content (AvgIpc) is 2.74. The van der Waals surface area contributed by atoms with Gasteiger partial charge in [0, 0.05) is 43.7 Å². The van der Waals surface area contributed by atoms with Crippen LogP contribution in [0.1, 0.15) is 30.9 Å². The van der Waals surface area contributed by atoms with Crippen molar-refractivity contribution in [3.8, 4) is 0 Å². The third-order valence-corrected chi connectivity index (χ3v) is 7.13. The SMILES string of the molecule is CCC(CNC(=O)CCNS(=O)(=O)c1cccc(Cl)c1)N1CCc2ccccc2C1. The number of rotatable bonds is 9. The molecule has 1 heterocycles. The fraction of sp³-hybridized carbons (Fsp3) is 0.409. The zero-order valence-corrected chi connectivity index (χ0v) is 18.7. The van der Waals surface area contributed by atoms with Crippen molar-refractivity contribution in [1.82, 2.24) is 14.9 Å². The van der Waals surface area contributed by atoms with Gasteiger partial charge in [-0.2, -0.15) is 0 Å². The van der Waals surface area contributed by atoms with Gasteiger partial charge in [-0.05, 0) is 42.2 Å². The number of nitrogens with one attached hydrogen (secondary N) is 2. The molecule has 1 unspecified atom stereocenters. The van der Waals surface area contributed by atoms with Gasteiger partial charge in [-0.3, -0.25) is 9.69 Å². The Kier molecular flexibility index (Phi) is 7.88. The standard InChI is InChI=1S/C22H28ClN3O3S/c1-2-20(26-13-11-17-6-3-4-7-18(17)16-26)15-24-22(27)10-12-25-30(28,29)21-9-5-8-19(23)14-21/h3-9,14,20,25H,2,10-13,15-16H2,1H3,(H,24,27). The first kappa shape index (κ1) is 22.7. The summed E-state index contributed by atoms with van der Waals surface area (Å²) >= 11 is 5.85. The molecule has 1 aliphatic rings. The quantitative estimate of drug-likeness (QED) is 0.617. The highest BCUT2D eigenvalue weighted by atomic mass is 35.5. The molecule has 1 aliphatic heterocycles. The zero-order chi connectivity index (χ0) is 21.6. The number of halogens is 1. The number of fused-ring (bicyclic) bond motifs is 1. The maximum absolute atomic E-state index is 12.3. The molecule has 1 atom stereocenters. The van der Waals surface area contributed by atoms with Crippen LogP contribution in [0.15, 0.2) is 53.4 Å². The molecule has 2 aromatic carbocycles. The summed E-state index contributed by atoms with van der Waals surface area (Å²) in [5, 5.41) is 3.30. The summed E-state index contributed by atoms with van der Waals surface area (Å²) in [4.78, 5) is 14.7. The van der Waals surface area contributed by atoms with Crippen molar-refractivity contribution >= 4 is 27.5 Å². The molecule has 0 radical (unpaired) electrons. The van der Waals surface area contributed by atoms with Gasteiger partial charge in [-0.15, -0.1) is 0 Å². The van der Waals surface area contributed by atoms with E-state index in [1.165, 1.54) is 23.3 Å². The van der Waals surface area contributed by atoms with Gasteiger partial charge in [-0.25, -0.2) is 13.1 Å². The molecule has 1 amide bonds. The maximum atomic E-state index is 12.3. The highest BCUT2D eigenvalue weighted by Gasteiger charge is 2.22. The van der Waals surface area contributed by atoms with E-state index in [1.807, 2.05) is 0 Å². The first-order valence-corrected chi connectivity index (χ1v) is 12.1. The fourth-order valence-corrected chi connectivity index (χ4v) is 5.03. The van der Waals surface area contributed by atoms with Crippen LogP contribution in [-0.4, -0.2) is 44.9 Å². The molecular formula is C22H28ClN3O3S. The Morgan fingerprint density at radius 2 is 1.93 bits per heavy atom. The second-order valence-corrected chi connectivity index (χ2v) is 9.66. The number of carbonyl (C=O) groups is 1. The summed E-state index contributed by atoms with van der Waals surface area (Å²) in [7, 11) is -3.68. The van der Waals surface area contributed by atoms with E-state index < -0.39 is 10.0 Å². The van der Waals surface area contributed by atoms with Crippen LogP contribution in [0.25, 0.3) is 0 Å². The van der Waals surface area contributed by atoms with E-state index >= 15 is 0 Å². The predicted octanol–water partition coefficient (Wildman–Crippen LogP) is 2.96. The number of sulfonamides is 1. The van der Waals surface area contributed by atoms with Gasteiger partial charge >= 0.3 is 0 Å². The number of carbonyl (C=O) groups excluding carboxylic acids is 1. The molecule has 162 valence electrons. The van der Waals surface area contributed by atoms with Gasteiger partial charge in [0.2, 0.25) is 15.9 Å². The largest absolute Gasteiger partial charge is 0.354 e. The third kappa shape index (κ3) is 6.04. The van der Waals surface area contributed by atoms with Gasteiger partial charge in [0.25, 0.3) is 0 Å². The summed E-state index contributed by atoms with van der Waals surface area (Å²) in [6.45, 7) is 4.58. The van der Waals surface area contributed by atoms with E-state index in [9.17, 15) is 13.2 Å². The predicted molar refractivity (Wildman–Crippen MR) is 119 cm³/mol. The van der Waals surface area contributed by atoms with Gasteiger partial charge in [0.1, 0.15) is 0 Å². The molecule has 30 heavy (non-hydrogen) atoms. The Morgan fingerprint density at radius 1 is 1.17 bits per heavy atom. The number of benzene rings is 2. The highest BCUT2D eigenvalue weighted by Crippen LogP contribution is 2.21. The average molecular weight is 450 g/mol. The molecule has 0 saturated heterocycles. The molecule has 0 spiro atoms. The van der Waals surface area contributed by atoms with Crippen LogP contribution in [0.2, 0.25) is 5.02 Å². The second kappa shape index (κ2) is 10.4. The van der Waals surface area contributed by atoms with Crippen molar-refractivity contribution in [2.24, 2.45) is 0 Å². The van der Waals surface area contributed by atoms with Crippen LogP contribution in [0.3, 0.4) is 0 Å². The van der Waals surface area contributed by atoms with Crippen molar-refractivity contribution in [2.45, 2.75) is 43.7 Å². The Hall–Kier alpha value is -1.93. The summed E-state index contributed by atoms with van der Waals surface area (Å²) in [6.07, 6.45) is 2.04. The van der Waals surface area contributed by atoms with Crippen molar-refractivity contribution in [2.75, 3.05) is 19.6 Å². The van der Waals surface area contributed by atoms with E-state index in [0.717, 1.165) is 25.9 Å². The third-order valence-electron chi connectivity index (χ3n) is 5.43. The number of hydrogen-bond donors (Lipinski definition) is 2. The van der Waals surface area contributed by atoms with Gasteiger partial charge in [0.05, 0.1) is 4.90 Å². The molecule has 6 nitrogen and oxygen atoms in total. The lowest BCUT2D eigenvalue weighted by Crippen LogP contribution is -2.46. The normalized spacial score (nSPS) is 15.4. The summed E-state index contributed by atoms with van der Waals surface area (Å²) < 4.78 is 27.0. The number of nitrogens with zero attached hydrogens (tertiary/aromatic N) is 1. The van der Waals surface area contributed by atoms with E-state index in [0.29, 0.717) is 11.6 Å². The van der Waals surface area contributed by atoms with E-state index in [-0.39, 0.29) is 29.8 Å². The Morgan fingerprint density at radius 3 is 2.67 bits per heavy atom. The van der Waals surface area contributed by atoms with E-state index in [1.54, 1.807) is 12.1 Å². The van der Waals surface area contributed by atoms with E-state index in [2.05, 4.69) is 46.1 Å². The number of amides is 1. The lowest BCUT2D eigenvalue weighted by atomic mass is 9.98. The molecule has 0 aromatic heterocycles. The highest BCUT2D eigenvalue weighted by molar-refractivity contribution is 7.89. The van der Waals surface area contributed by atoms with Crippen molar-refractivity contribution in [1.29, 1.82) is 0 Å². The van der Waals surface area contributed by atoms with Crippen LogP contribution in [-0.2, 0) is 27.8 Å². The van der Waals surface area contributed by atoms with Crippen LogP contribution in [0, 0.1) is 0 Å². The Labute approximate surface area is 183 Å². The Bertz CT molecular complexity index is 981. The van der Waals surface area contributed by atoms with Crippen LogP contribution >= 0.6 is 11.6 Å². The van der Waals surface area contributed by atoms with Crippen LogP contribution in [0.5, 0.6) is 0 Å². The van der Waals surface area contributed by atoms with Gasteiger partial charge < -0.3 is 5.32 Å². The molecule has 3 rings (SSSR count). The molecule has 0 aliphatic carbocycles. The molecule has 2 N–H and O–H groups in total. The molecule has 8 heteroatoms. The molecule has 0 bridgehead atoms. The molecular weight excluding hydrogens is 422 g/mol. The molecule has 0 fully saturated rings. The maximum Gasteiger partial charge on any atom is 0.240 e. The summed E-state index contributed by atoms with van der Waals surface area (Å²) in [5.74, 6) is -0.167. The number of hydrogen-bond acceptors (Lipinski definition) is 4. The minimum Gasteiger partial charge on any atom is -0.354 e. The van der Waals surface area contributed by atoms with E-state index in [4.69, 9.17) is 11.6 Å². The van der Waals surface area contributed by atoms with Crippen molar-refractivity contribution < 1.29 is 13.2 Å². The Balaban J connectivity index is 1.44. The van der Waals surface area contributed by atoms with Crippen molar-refractivity contribution in [3.05, 3.63) is 64.7 Å². The lowest BCUT2D eigenvalue weighted by molar-refractivity contribution is -0.121. The molecule has 0 saturated carbocycles.